The number of carbonyl (C=O) groups excluding carboxylic acids is 1. The standard InChI is InChI=1S/C11H18N4O/c1-9(15-7-3-5-13-15)11(16)14-6-2-4-10(14)8-12/h3,5,7,9-10H,2,4,6,8,12H2,1H3. The van der Waals surface area contributed by atoms with Gasteiger partial charge in [0.1, 0.15) is 6.04 Å². The smallest absolute Gasteiger partial charge is 0.247 e. The average molecular weight is 222 g/mol. The minimum absolute atomic E-state index is 0.122. The van der Waals surface area contributed by atoms with Crippen molar-refractivity contribution in [3.8, 4) is 0 Å². The number of amides is 1. The van der Waals surface area contributed by atoms with Crippen LogP contribution >= 0.6 is 0 Å². The average Bonchev–Trinajstić information content (AvgIpc) is 2.97. The molecule has 0 saturated carbocycles. The molecule has 0 radical (unpaired) electrons. The second-order valence-electron chi connectivity index (χ2n) is 4.23. The van der Waals surface area contributed by atoms with Gasteiger partial charge < -0.3 is 10.6 Å². The van der Waals surface area contributed by atoms with Crippen molar-refractivity contribution in [2.45, 2.75) is 31.8 Å². The van der Waals surface area contributed by atoms with E-state index in [1.54, 1.807) is 10.9 Å². The largest absolute Gasteiger partial charge is 0.337 e. The summed E-state index contributed by atoms with van der Waals surface area (Å²) in [5.41, 5.74) is 5.66. The Morgan fingerprint density at radius 2 is 2.50 bits per heavy atom. The number of rotatable bonds is 3. The van der Waals surface area contributed by atoms with Gasteiger partial charge in [-0.25, -0.2) is 0 Å². The fourth-order valence-corrected chi connectivity index (χ4v) is 2.23. The predicted octanol–water partition coefficient (Wildman–Crippen LogP) is 0.394. The summed E-state index contributed by atoms with van der Waals surface area (Å²) in [5.74, 6) is 0.122. The van der Waals surface area contributed by atoms with E-state index >= 15 is 0 Å². The third kappa shape index (κ3) is 1.95. The fraction of sp³-hybridized carbons (Fsp3) is 0.636. The number of carbonyl (C=O) groups is 1. The molecule has 5 nitrogen and oxygen atoms in total. The Morgan fingerprint density at radius 3 is 3.12 bits per heavy atom. The van der Waals surface area contributed by atoms with Crippen molar-refractivity contribution in [2.24, 2.45) is 5.73 Å². The van der Waals surface area contributed by atoms with Crippen molar-refractivity contribution in [3.63, 3.8) is 0 Å². The van der Waals surface area contributed by atoms with Crippen LogP contribution in [0.25, 0.3) is 0 Å². The van der Waals surface area contributed by atoms with Gasteiger partial charge in [0.25, 0.3) is 0 Å². The van der Waals surface area contributed by atoms with E-state index in [0.29, 0.717) is 6.54 Å². The molecule has 88 valence electrons. The van der Waals surface area contributed by atoms with Gasteiger partial charge >= 0.3 is 0 Å². The van der Waals surface area contributed by atoms with Crippen LogP contribution < -0.4 is 5.73 Å². The Labute approximate surface area is 95.2 Å². The van der Waals surface area contributed by atoms with Crippen LogP contribution in [0.15, 0.2) is 18.5 Å². The first-order valence-corrected chi connectivity index (χ1v) is 5.73. The SMILES string of the molecule is CC(C(=O)N1CCCC1CN)n1cccn1. The van der Waals surface area contributed by atoms with Crippen LogP contribution in [0.3, 0.4) is 0 Å². The molecule has 1 aliphatic rings. The number of likely N-dealkylation sites (tertiary alicyclic amines) is 1. The highest BCUT2D eigenvalue weighted by Crippen LogP contribution is 2.20. The molecule has 0 aliphatic carbocycles. The molecule has 2 atom stereocenters. The quantitative estimate of drug-likeness (QED) is 0.804. The first kappa shape index (κ1) is 11.1. The summed E-state index contributed by atoms with van der Waals surface area (Å²) >= 11 is 0. The summed E-state index contributed by atoms with van der Waals surface area (Å²) in [4.78, 5) is 14.1. The summed E-state index contributed by atoms with van der Waals surface area (Å²) in [6.07, 6.45) is 5.58. The number of aromatic nitrogens is 2. The Balaban J connectivity index is 2.07. The highest BCUT2D eigenvalue weighted by molar-refractivity contribution is 5.80. The van der Waals surface area contributed by atoms with Gasteiger partial charge in [0.2, 0.25) is 5.91 Å². The highest BCUT2D eigenvalue weighted by atomic mass is 16.2. The summed E-state index contributed by atoms with van der Waals surface area (Å²) in [7, 11) is 0. The highest BCUT2D eigenvalue weighted by Gasteiger charge is 2.31. The monoisotopic (exact) mass is 222 g/mol. The number of hydrogen-bond acceptors (Lipinski definition) is 3. The lowest BCUT2D eigenvalue weighted by atomic mass is 10.2. The molecule has 1 aromatic heterocycles. The second-order valence-corrected chi connectivity index (χ2v) is 4.23. The van der Waals surface area contributed by atoms with Crippen molar-refractivity contribution in [1.29, 1.82) is 0 Å². The van der Waals surface area contributed by atoms with Crippen LogP contribution in [-0.2, 0) is 4.79 Å². The summed E-state index contributed by atoms with van der Waals surface area (Å²) in [6.45, 7) is 3.26. The number of hydrogen-bond donors (Lipinski definition) is 1. The third-order valence-corrected chi connectivity index (χ3v) is 3.21. The van der Waals surface area contributed by atoms with E-state index in [4.69, 9.17) is 5.73 Å². The van der Waals surface area contributed by atoms with Gasteiger partial charge in [0.15, 0.2) is 0 Å². The first-order valence-electron chi connectivity index (χ1n) is 5.73. The van der Waals surface area contributed by atoms with Gasteiger partial charge in [0.05, 0.1) is 0 Å². The van der Waals surface area contributed by atoms with E-state index in [0.717, 1.165) is 19.4 Å². The number of nitrogens with two attached hydrogens (primary N) is 1. The molecule has 1 amide bonds. The lowest BCUT2D eigenvalue weighted by Crippen LogP contribution is -2.43. The van der Waals surface area contributed by atoms with Crippen LogP contribution in [0.5, 0.6) is 0 Å². The van der Waals surface area contributed by atoms with Crippen molar-refractivity contribution < 1.29 is 4.79 Å². The zero-order chi connectivity index (χ0) is 11.5. The second kappa shape index (κ2) is 4.65. The minimum atomic E-state index is -0.234. The molecular weight excluding hydrogens is 204 g/mol. The maximum atomic E-state index is 12.2. The molecule has 1 aliphatic heterocycles. The van der Waals surface area contributed by atoms with Gasteiger partial charge in [-0.15, -0.1) is 0 Å². The third-order valence-electron chi connectivity index (χ3n) is 3.21. The lowest BCUT2D eigenvalue weighted by molar-refractivity contribution is -0.135. The van der Waals surface area contributed by atoms with Crippen LogP contribution in [0.2, 0.25) is 0 Å². The van der Waals surface area contributed by atoms with Crippen molar-refractivity contribution >= 4 is 5.91 Å². The minimum Gasteiger partial charge on any atom is -0.337 e. The normalized spacial score (nSPS) is 22.4. The molecule has 2 N–H and O–H groups in total. The van der Waals surface area contributed by atoms with Gasteiger partial charge in [0, 0.05) is 31.5 Å². The molecule has 0 spiro atoms. The Morgan fingerprint density at radius 1 is 1.69 bits per heavy atom. The number of nitrogens with zero attached hydrogens (tertiary/aromatic N) is 3. The molecule has 2 heterocycles. The van der Waals surface area contributed by atoms with Crippen molar-refractivity contribution in [1.82, 2.24) is 14.7 Å². The molecule has 5 heteroatoms. The molecule has 1 fully saturated rings. The van der Waals surface area contributed by atoms with Gasteiger partial charge in [-0.05, 0) is 25.8 Å². The van der Waals surface area contributed by atoms with E-state index in [1.165, 1.54) is 0 Å². The van der Waals surface area contributed by atoms with E-state index < -0.39 is 0 Å². The van der Waals surface area contributed by atoms with E-state index in [1.807, 2.05) is 24.1 Å². The Hall–Kier alpha value is -1.36. The summed E-state index contributed by atoms with van der Waals surface area (Å²) in [5, 5.41) is 4.10. The lowest BCUT2D eigenvalue weighted by Gasteiger charge is -2.26. The van der Waals surface area contributed by atoms with Crippen molar-refractivity contribution in [2.75, 3.05) is 13.1 Å². The van der Waals surface area contributed by atoms with Crippen LogP contribution in [0.4, 0.5) is 0 Å². The maximum Gasteiger partial charge on any atom is 0.247 e. The zero-order valence-electron chi connectivity index (χ0n) is 9.54. The first-order chi connectivity index (χ1) is 7.74. The molecule has 16 heavy (non-hydrogen) atoms. The molecule has 1 aromatic rings. The molecular formula is C11H18N4O. The van der Waals surface area contributed by atoms with Gasteiger partial charge in [-0.2, -0.15) is 5.10 Å². The molecule has 2 unspecified atom stereocenters. The van der Waals surface area contributed by atoms with Crippen LogP contribution in [0.1, 0.15) is 25.8 Å². The zero-order valence-corrected chi connectivity index (χ0v) is 9.54. The predicted molar refractivity (Wildman–Crippen MR) is 60.7 cm³/mol. The van der Waals surface area contributed by atoms with Crippen LogP contribution in [-0.4, -0.2) is 39.7 Å². The van der Waals surface area contributed by atoms with E-state index in [-0.39, 0.29) is 18.0 Å². The van der Waals surface area contributed by atoms with Crippen LogP contribution in [0, 0.1) is 0 Å². The Bertz CT molecular complexity index is 349. The summed E-state index contributed by atoms with van der Waals surface area (Å²) < 4.78 is 1.69. The molecule has 2 rings (SSSR count). The molecule has 1 saturated heterocycles. The fourth-order valence-electron chi connectivity index (χ4n) is 2.23. The Kier molecular flexibility index (Phi) is 3.24. The molecule has 0 aromatic carbocycles. The van der Waals surface area contributed by atoms with Gasteiger partial charge in [-0.3, -0.25) is 9.48 Å². The van der Waals surface area contributed by atoms with E-state index in [9.17, 15) is 4.79 Å². The van der Waals surface area contributed by atoms with E-state index in [2.05, 4.69) is 5.10 Å². The molecule has 0 bridgehead atoms. The summed E-state index contributed by atoms with van der Waals surface area (Å²) in [6, 6.07) is 1.81. The maximum absolute atomic E-state index is 12.2. The topological polar surface area (TPSA) is 64.2 Å². The van der Waals surface area contributed by atoms with Crippen molar-refractivity contribution in [3.05, 3.63) is 18.5 Å². The van der Waals surface area contributed by atoms with Gasteiger partial charge in [-0.1, -0.05) is 0 Å².